The fourth-order valence-corrected chi connectivity index (χ4v) is 3.51. The first-order valence-electron chi connectivity index (χ1n) is 7.12. The molecule has 1 aliphatic rings. The van der Waals surface area contributed by atoms with Crippen molar-refractivity contribution in [1.29, 1.82) is 0 Å². The molecule has 0 spiro atoms. The molecule has 1 N–H and O–H groups in total. The van der Waals surface area contributed by atoms with Crippen LogP contribution >= 0.6 is 0 Å². The van der Waals surface area contributed by atoms with Crippen LogP contribution in [0.3, 0.4) is 0 Å². The van der Waals surface area contributed by atoms with E-state index in [2.05, 4.69) is 5.32 Å². The molecule has 1 heterocycles. The van der Waals surface area contributed by atoms with E-state index in [9.17, 15) is 18.0 Å². The lowest BCUT2D eigenvalue weighted by Crippen LogP contribution is -2.67. The Kier molecular flexibility index (Phi) is 5.56. The van der Waals surface area contributed by atoms with Gasteiger partial charge in [-0.1, -0.05) is 20.8 Å². The van der Waals surface area contributed by atoms with E-state index in [0.29, 0.717) is 25.8 Å². The molecule has 0 aromatic carbocycles. The first-order chi connectivity index (χ1) is 9.33. The fourth-order valence-electron chi connectivity index (χ4n) is 2.66. The maximum Gasteiger partial charge on any atom is 0.246 e. The van der Waals surface area contributed by atoms with Gasteiger partial charge in [0.1, 0.15) is 15.4 Å². The van der Waals surface area contributed by atoms with Gasteiger partial charge in [-0.15, -0.1) is 0 Å². The Bertz CT molecular complexity index is 469. The highest BCUT2D eigenvalue weighted by Gasteiger charge is 2.46. The molecular weight excluding hydrogens is 280 g/mol. The standard InChI is InChI=1S/C13H24N2O4S/c1-4-13(5-2)12(17)14-10-11(16)15(13)8-7-9-20(18,19)6-3/h4-10H2,1-3H3,(H,14,17). The fraction of sp³-hybridized carbons (Fsp3) is 0.846. The van der Waals surface area contributed by atoms with Gasteiger partial charge in [0.05, 0.1) is 12.3 Å². The zero-order chi connectivity index (χ0) is 15.4. The van der Waals surface area contributed by atoms with Gasteiger partial charge < -0.3 is 10.2 Å². The lowest BCUT2D eigenvalue weighted by Gasteiger charge is -2.45. The molecular formula is C13H24N2O4S. The number of hydrogen-bond acceptors (Lipinski definition) is 4. The van der Waals surface area contributed by atoms with E-state index in [4.69, 9.17) is 0 Å². The molecule has 0 aromatic rings. The molecule has 0 bridgehead atoms. The monoisotopic (exact) mass is 304 g/mol. The van der Waals surface area contributed by atoms with Crippen LogP contribution in [0.4, 0.5) is 0 Å². The SMILES string of the molecule is CCC1(CC)C(=O)NCC(=O)N1CCCS(=O)(=O)CC. The Morgan fingerprint density at radius 3 is 2.30 bits per heavy atom. The smallest absolute Gasteiger partial charge is 0.246 e. The van der Waals surface area contributed by atoms with E-state index in [1.54, 1.807) is 11.8 Å². The number of nitrogens with one attached hydrogen (secondary N) is 1. The second-order valence-electron chi connectivity index (χ2n) is 5.06. The van der Waals surface area contributed by atoms with E-state index in [1.807, 2.05) is 13.8 Å². The molecule has 1 rings (SSSR count). The molecule has 0 atom stereocenters. The van der Waals surface area contributed by atoms with Crippen molar-refractivity contribution in [3.63, 3.8) is 0 Å². The van der Waals surface area contributed by atoms with E-state index in [1.165, 1.54) is 0 Å². The van der Waals surface area contributed by atoms with E-state index >= 15 is 0 Å². The average molecular weight is 304 g/mol. The van der Waals surface area contributed by atoms with Crippen molar-refractivity contribution < 1.29 is 18.0 Å². The molecule has 1 aliphatic heterocycles. The summed E-state index contributed by atoms with van der Waals surface area (Å²) in [6.07, 6.45) is 1.43. The van der Waals surface area contributed by atoms with Crippen LogP contribution in [0.2, 0.25) is 0 Å². The van der Waals surface area contributed by atoms with Gasteiger partial charge in [-0.3, -0.25) is 9.59 Å². The number of rotatable bonds is 7. The molecule has 20 heavy (non-hydrogen) atoms. The van der Waals surface area contributed by atoms with Crippen molar-refractivity contribution >= 4 is 21.7 Å². The number of sulfone groups is 1. The Morgan fingerprint density at radius 2 is 1.80 bits per heavy atom. The maximum absolute atomic E-state index is 12.1. The summed E-state index contributed by atoms with van der Waals surface area (Å²) in [5.41, 5.74) is -0.828. The largest absolute Gasteiger partial charge is 0.345 e. The van der Waals surface area contributed by atoms with Crippen molar-refractivity contribution in [2.45, 2.75) is 45.6 Å². The molecule has 1 fully saturated rings. The molecule has 0 radical (unpaired) electrons. The van der Waals surface area contributed by atoms with Gasteiger partial charge >= 0.3 is 0 Å². The summed E-state index contributed by atoms with van der Waals surface area (Å²) in [4.78, 5) is 25.8. The van der Waals surface area contributed by atoms with Crippen LogP contribution in [-0.2, 0) is 19.4 Å². The molecule has 1 saturated heterocycles. The second-order valence-corrected chi connectivity index (χ2v) is 7.53. The summed E-state index contributed by atoms with van der Waals surface area (Å²) in [7, 11) is -3.04. The summed E-state index contributed by atoms with van der Waals surface area (Å²) >= 11 is 0. The molecule has 7 heteroatoms. The van der Waals surface area contributed by atoms with Crippen LogP contribution in [0, 0.1) is 0 Å². The van der Waals surface area contributed by atoms with Gasteiger partial charge in [0.25, 0.3) is 0 Å². The van der Waals surface area contributed by atoms with Crippen LogP contribution in [0.1, 0.15) is 40.0 Å². The number of piperazine rings is 1. The molecule has 0 aliphatic carbocycles. The van der Waals surface area contributed by atoms with Crippen molar-refractivity contribution in [3.05, 3.63) is 0 Å². The number of carbonyl (C=O) groups excluding carboxylic acids is 2. The number of carbonyl (C=O) groups is 2. The lowest BCUT2D eigenvalue weighted by atomic mass is 9.87. The maximum atomic E-state index is 12.1. The summed E-state index contributed by atoms with van der Waals surface area (Å²) < 4.78 is 23.0. The van der Waals surface area contributed by atoms with Crippen LogP contribution in [0.5, 0.6) is 0 Å². The Balaban J connectivity index is 2.82. The highest BCUT2D eigenvalue weighted by Crippen LogP contribution is 2.27. The van der Waals surface area contributed by atoms with Crippen LogP contribution in [0.25, 0.3) is 0 Å². The minimum Gasteiger partial charge on any atom is -0.345 e. The third-order valence-corrected chi connectivity index (χ3v) is 5.88. The minimum absolute atomic E-state index is 0.00110. The molecule has 0 unspecified atom stereocenters. The second kappa shape index (κ2) is 6.56. The predicted octanol–water partition coefficient (Wildman–Crippen LogP) is 0.328. The highest BCUT2D eigenvalue weighted by atomic mass is 32.2. The quantitative estimate of drug-likeness (QED) is 0.734. The van der Waals surface area contributed by atoms with Crippen molar-refractivity contribution in [3.8, 4) is 0 Å². The third kappa shape index (κ3) is 3.31. The number of hydrogen-bond donors (Lipinski definition) is 1. The van der Waals surface area contributed by atoms with Crippen molar-refractivity contribution in [2.75, 3.05) is 24.6 Å². The zero-order valence-electron chi connectivity index (χ0n) is 12.4. The van der Waals surface area contributed by atoms with Gasteiger partial charge in [-0.25, -0.2) is 8.42 Å². The van der Waals surface area contributed by atoms with Gasteiger partial charge in [-0.05, 0) is 19.3 Å². The summed E-state index contributed by atoms with van der Waals surface area (Å²) in [6, 6.07) is 0. The first kappa shape index (κ1) is 16.9. The van der Waals surface area contributed by atoms with Crippen LogP contribution in [-0.4, -0.2) is 55.3 Å². The van der Waals surface area contributed by atoms with E-state index in [0.717, 1.165) is 0 Å². The Labute approximate surface area is 120 Å². The Hall–Kier alpha value is -1.11. The number of nitrogens with zero attached hydrogens (tertiary/aromatic N) is 1. The molecule has 116 valence electrons. The summed E-state index contributed by atoms with van der Waals surface area (Å²) in [5.74, 6) is -0.116. The normalized spacial score (nSPS) is 19.1. The topological polar surface area (TPSA) is 83.6 Å². The predicted molar refractivity (Wildman–Crippen MR) is 77.0 cm³/mol. The average Bonchev–Trinajstić information content (AvgIpc) is 2.43. The molecule has 2 amide bonds. The van der Waals surface area contributed by atoms with Gasteiger partial charge in [0.15, 0.2) is 0 Å². The van der Waals surface area contributed by atoms with Crippen LogP contribution < -0.4 is 5.32 Å². The van der Waals surface area contributed by atoms with Crippen molar-refractivity contribution in [1.82, 2.24) is 10.2 Å². The van der Waals surface area contributed by atoms with Gasteiger partial charge in [-0.2, -0.15) is 0 Å². The lowest BCUT2D eigenvalue weighted by molar-refractivity contribution is -0.154. The Morgan fingerprint density at radius 1 is 1.20 bits per heavy atom. The van der Waals surface area contributed by atoms with E-state index in [-0.39, 0.29) is 29.9 Å². The van der Waals surface area contributed by atoms with Gasteiger partial charge in [0, 0.05) is 12.3 Å². The summed E-state index contributed by atoms with van der Waals surface area (Å²) in [5, 5.41) is 2.62. The van der Waals surface area contributed by atoms with Gasteiger partial charge in [0.2, 0.25) is 11.8 Å². The molecule has 0 aromatic heterocycles. The first-order valence-corrected chi connectivity index (χ1v) is 8.94. The van der Waals surface area contributed by atoms with Crippen LogP contribution in [0.15, 0.2) is 0 Å². The number of amides is 2. The molecule has 6 nitrogen and oxygen atoms in total. The highest BCUT2D eigenvalue weighted by molar-refractivity contribution is 7.91. The minimum atomic E-state index is -3.04. The zero-order valence-corrected chi connectivity index (χ0v) is 13.3. The molecule has 0 saturated carbocycles. The summed E-state index contributed by atoms with van der Waals surface area (Å²) in [6.45, 7) is 5.67. The van der Waals surface area contributed by atoms with E-state index < -0.39 is 15.4 Å². The third-order valence-electron chi connectivity index (χ3n) is 4.09. The van der Waals surface area contributed by atoms with Crippen molar-refractivity contribution in [2.24, 2.45) is 0 Å².